The van der Waals surface area contributed by atoms with E-state index in [2.05, 4.69) is 4.90 Å². The van der Waals surface area contributed by atoms with Gasteiger partial charge in [0.15, 0.2) is 0 Å². The van der Waals surface area contributed by atoms with Crippen LogP contribution in [0, 0.1) is 5.82 Å². The van der Waals surface area contributed by atoms with Gasteiger partial charge in [0.2, 0.25) is 0 Å². The van der Waals surface area contributed by atoms with E-state index in [0.717, 1.165) is 24.5 Å². The Morgan fingerprint density at radius 3 is 2.64 bits per heavy atom. The lowest BCUT2D eigenvalue weighted by molar-refractivity contribution is 0.414. The van der Waals surface area contributed by atoms with Crippen LogP contribution in [0.4, 0.5) is 10.1 Å². The van der Waals surface area contributed by atoms with Crippen LogP contribution in [0.1, 0.15) is 12.8 Å². The molecule has 0 saturated carbocycles. The normalized spacial score (nSPS) is 16.0. The summed E-state index contributed by atoms with van der Waals surface area (Å²) in [6.45, 7) is 2.00. The van der Waals surface area contributed by atoms with Crippen LogP contribution in [0.2, 0.25) is 0 Å². The van der Waals surface area contributed by atoms with Crippen molar-refractivity contribution in [1.82, 2.24) is 0 Å². The zero-order chi connectivity index (χ0) is 9.97. The van der Waals surface area contributed by atoms with Gasteiger partial charge in [-0.1, -0.05) is 0 Å². The minimum Gasteiger partial charge on any atom is -0.495 e. The first-order valence-corrected chi connectivity index (χ1v) is 4.90. The third-order valence-corrected chi connectivity index (χ3v) is 2.59. The van der Waals surface area contributed by atoms with Gasteiger partial charge in [-0.05, 0) is 25.0 Å². The van der Waals surface area contributed by atoms with E-state index < -0.39 is 0 Å². The number of ether oxygens (including phenoxy) is 1. The van der Waals surface area contributed by atoms with Gasteiger partial charge in [0.25, 0.3) is 0 Å². The van der Waals surface area contributed by atoms with Gasteiger partial charge < -0.3 is 9.64 Å². The first kappa shape index (κ1) is 9.31. The number of nitrogens with zero attached hydrogens (tertiary/aromatic N) is 1. The molecule has 1 aliphatic rings. The van der Waals surface area contributed by atoms with Crippen LogP contribution in [0.15, 0.2) is 18.2 Å². The number of rotatable bonds is 2. The molecule has 1 saturated heterocycles. The predicted molar refractivity (Wildman–Crippen MR) is 54.4 cm³/mol. The smallest absolute Gasteiger partial charge is 0.142 e. The summed E-state index contributed by atoms with van der Waals surface area (Å²) >= 11 is 0. The number of hydrogen-bond acceptors (Lipinski definition) is 2. The predicted octanol–water partition coefficient (Wildman–Crippen LogP) is 2.43. The van der Waals surface area contributed by atoms with E-state index in [0.29, 0.717) is 0 Å². The van der Waals surface area contributed by atoms with E-state index >= 15 is 0 Å². The van der Waals surface area contributed by atoms with Gasteiger partial charge in [-0.25, -0.2) is 4.39 Å². The Morgan fingerprint density at radius 1 is 1.29 bits per heavy atom. The maximum absolute atomic E-state index is 13.1. The molecule has 76 valence electrons. The maximum atomic E-state index is 13.1. The second kappa shape index (κ2) is 3.86. The van der Waals surface area contributed by atoms with Gasteiger partial charge in [-0.3, -0.25) is 0 Å². The van der Waals surface area contributed by atoms with Crippen molar-refractivity contribution >= 4 is 5.69 Å². The summed E-state index contributed by atoms with van der Waals surface area (Å²) in [6, 6.07) is 4.66. The van der Waals surface area contributed by atoms with Crippen molar-refractivity contribution in [2.45, 2.75) is 12.8 Å². The van der Waals surface area contributed by atoms with Gasteiger partial charge in [-0.15, -0.1) is 0 Å². The molecule has 0 atom stereocenters. The van der Waals surface area contributed by atoms with Crippen LogP contribution in [0.3, 0.4) is 0 Å². The second-order valence-electron chi connectivity index (χ2n) is 3.51. The van der Waals surface area contributed by atoms with Crippen molar-refractivity contribution in [3.8, 4) is 5.75 Å². The fraction of sp³-hybridized carbons (Fsp3) is 0.455. The molecule has 3 heteroatoms. The highest BCUT2D eigenvalue weighted by atomic mass is 19.1. The third kappa shape index (κ3) is 1.67. The SMILES string of the molecule is COc1ccc(F)cc1N1CCCC1. The van der Waals surface area contributed by atoms with Crippen LogP contribution in [-0.2, 0) is 0 Å². The Labute approximate surface area is 83.3 Å². The molecule has 1 aromatic carbocycles. The minimum absolute atomic E-state index is 0.201. The van der Waals surface area contributed by atoms with Gasteiger partial charge in [0.1, 0.15) is 11.6 Å². The Morgan fingerprint density at radius 2 is 2.00 bits per heavy atom. The van der Waals surface area contributed by atoms with Gasteiger partial charge in [0.05, 0.1) is 12.8 Å². The van der Waals surface area contributed by atoms with Crippen LogP contribution in [0.25, 0.3) is 0 Å². The summed E-state index contributed by atoms with van der Waals surface area (Å²) in [5.41, 5.74) is 0.880. The average molecular weight is 195 g/mol. The molecule has 0 N–H and O–H groups in total. The highest BCUT2D eigenvalue weighted by Crippen LogP contribution is 2.31. The Bertz CT molecular complexity index is 321. The molecule has 1 fully saturated rings. The van der Waals surface area contributed by atoms with Crippen molar-refractivity contribution < 1.29 is 9.13 Å². The van der Waals surface area contributed by atoms with Crippen molar-refractivity contribution in [3.05, 3.63) is 24.0 Å². The highest BCUT2D eigenvalue weighted by molar-refractivity contribution is 5.59. The Balaban J connectivity index is 2.33. The fourth-order valence-corrected chi connectivity index (χ4v) is 1.87. The van der Waals surface area contributed by atoms with E-state index in [1.807, 2.05) is 0 Å². The summed E-state index contributed by atoms with van der Waals surface area (Å²) in [5, 5.41) is 0. The molecule has 2 nitrogen and oxygen atoms in total. The summed E-state index contributed by atoms with van der Waals surface area (Å²) in [4.78, 5) is 2.17. The molecule has 0 unspecified atom stereocenters. The molecule has 1 heterocycles. The highest BCUT2D eigenvalue weighted by Gasteiger charge is 2.16. The second-order valence-corrected chi connectivity index (χ2v) is 3.51. The molecule has 0 amide bonds. The van der Waals surface area contributed by atoms with Crippen molar-refractivity contribution in [2.24, 2.45) is 0 Å². The van der Waals surface area contributed by atoms with E-state index in [9.17, 15) is 4.39 Å². The zero-order valence-corrected chi connectivity index (χ0v) is 8.29. The summed E-state index contributed by atoms with van der Waals surface area (Å²) in [5.74, 6) is 0.556. The van der Waals surface area contributed by atoms with Gasteiger partial charge in [0, 0.05) is 19.2 Å². The van der Waals surface area contributed by atoms with Crippen molar-refractivity contribution in [3.63, 3.8) is 0 Å². The van der Waals surface area contributed by atoms with Crippen LogP contribution >= 0.6 is 0 Å². The topological polar surface area (TPSA) is 12.5 Å². The van der Waals surface area contributed by atoms with Crippen molar-refractivity contribution in [1.29, 1.82) is 0 Å². The number of methoxy groups -OCH3 is 1. The quantitative estimate of drug-likeness (QED) is 0.718. The van der Waals surface area contributed by atoms with E-state index in [1.165, 1.54) is 18.9 Å². The molecule has 0 aromatic heterocycles. The summed E-state index contributed by atoms with van der Waals surface area (Å²) < 4.78 is 18.3. The average Bonchev–Trinajstić information content (AvgIpc) is 2.70. The van der Waals surface area contributed by atoms with Gasteiger partial charge in [-0.2, -0.15) is 0 Å². The molecule has 14 heavy (non-hydrogen) atoms. The number of anilines is 1. The van der Waals surface area contributed by atoms with Gasteiger partial charge >= 0.3 is 0 Å². The van der Waals surface area contributed by atoms with Crippen LogP contribution < -0.4 is 9.64 Å². The third-order valence-electron chi connectivity index (χ3n) is 2.59. The number of hydrogen-bond donors (Lipinski definition) is 0. The first-order chi connectivity index (χ1) is 6.81. The standard InChI is InChI=1S/C11H14FNO/c1-14-11-5-4-9(12)8-10(11)13-6-2-3-7-13/h4-5,8H,2-3,6-7H2,1H3. The lowest BCUT2D eigenvalue weighted by Gasteiger charge is -2.20. The van der Waals surface area contributed by atoms with E-state index in [-0.39, 0.29) is 5.82 Å². The lowest BCUT2D eigenvalue weighted by atomic mass is 10.2. The molecule has 0 spiro atoms. The fourth-order valence-electron chi connectivity index (χ4n) is 1.87. The lowest BCUT2D eigenvalue weighted by Crippen LogP contribution is -2.18. The maximum Gasteiger partial charge on any atom is 0.142 e. The van der Waals surface area contributed by atoms with Crippen LogP contribution in [-0.4, -0.2) is 20.2 Å². The molecule has 1 aliphatic heterocycles. The zero-order valence-electron chi connectivity index (χ0n) is 8.29. The van der Waals surface area contributed by atoms with Crippen molar-refractivity contribution in [2.75, 3.05) is 25.1 Å². The molecule has 0 aliphatic carbocycles. The Kier molecular flexibility index (Phi) is 2.57. The molecule has 2 rings (SSSR count). The van der Waals surface area contributed by atoms with E-state index in [4.69, 9.17) is 4.74 Å². The molecular weight excluding hydrogens is 181 g/mol. The number of halogens is 1. The monoisotopic (exact) mass is 195 g/mol. The molecule has 1 aromatic rings. The van der Waals surface area contributed by atoms with Crippen LogP contribution in [0.5, 0.6) is 5.75 Å². The first-order valence-electron chi connectivity index (χ1n) is 4.90. The molecule has 0 radical (unpaired) electrons. The largest absolute Gasteiger partial charge is 0.495 e. The Hall–Kier alpha value is -1.25. The van der Waals surface area contributed by atoms with E-state index in [1.54, 1.807) is 19.2 Å². The summed E-state index contributed by atoms with van der Waals surface area (Å²) in [7, 11) is 1.62. The minimum atomic E-state index is -0.201. The molecule has 0 bridgehead atoms. The summed E-state index contributed by atoms with van der Waals surface area (Å²) in [6.07, 6.45) is 2.36. The molecular formula is C11H14FNO. The number of benzene rings is 1.